The first kappa shape index (κ1) is 23.5. The van der Waals surface area contributed by atoms with Gasteiger partial charge in [0.1, 0.15) is 18.0 Å². The third-order valence-corrected chi connectivity index (χ3v) is 5.78. The lowest BCUT2D eigenvalue weighted by Crippen LogP contribution is -2.23. The van der Waals surface area contributed by atoms with E-state index in [0.717, 1.165) is 19.1 Å². The topological polar surface area (TPSA) is 99.6 Å². The van der Waals surface area contributed by atoms with Crippen LogP contribution in [0.2, 0.25) is 5.02 Å². The molecule has 1 aromatic heterocycles. The van der Waals surface area contributed by atoms with Crippen LogP contribution < -0.4 is 14.8 Å². The highest BCUT2D eigenvalue weighted by molar-refractivity contribution is 7.86. The number of benzene rings is 2. The average molecular weight is 496 g/mol. The molecule has 0 saturated heterocycles. The second-order valence-corrected chi connectivity index (χ2v) is 9.81. The van der Waals surface area contributed by atoms with Gasteiger partial charge in [-0.2, -0.15) is 8.42 Å². The van der Waals surface area contributed by atoms with E-state index in [1.807, 2.05) is 0 Å². The molecule has 0 radical (unpaired) electrons. The van der Waals surface area contributed by atoms with Crippen LogP contribution in [0.15, 0.2) is 36.7 Å². The van der Waals surface area contributed by atoms with Gasteiger partial charge >= 0.3 is 0 Å². The monoisotopic (exact) mass is 495 g/mol. The molecule has 0 bridgehead atoms. The largest absolute Gasteiger partial charge is 0.489 e. The Morgan fingerprint density at radius 1 is 1.21 bits per heavy atom. The van der Waals surface area contributed by atoms with Gasteiger partial charge in [-0.25, -0.2) is 18.5 Å². The summed E-state index contributed by atoms with van der Waals surface area (Å²) in [5, 5.41) is 3.66. The molecule has 0 aliphatic heterocycles. The van der Waals surface area contributed by atoms with Crippen molar-refractivity contribution in [2.75, 3.05) is 18.2 Å². The maximum absolute atomic E-state index is 13.5. The minimum Gasteiger partial charge on any atom is -0.489 e. The minimum absolute atomic E-state index is 0.0261. The molecule has 8 nitrogen and oxygen atoms in total. The molecule has 1 N–H and O–H groups in total. The van der Waals surface area contributed by atoms with E-state index in [2.05, 4.69) is 15.3 Å². The number of hydrogen-bond acceptors (Lipinski definition) is 8. The van der Waals surface area contributed by atoms with Gasteiger partial charge in [-0.1, -0.05) is 18.5 Å². The van der Waals surface area contributed by atoms with Gasteiger partial charge in [0.25, 0.3) is 10.1 Å². The fraction of sp³-hybridized carbons (Fsp3) is 0.364. The van der Waals surface area contributed by atoms with Crippen molar-refractivity contribution < 1.29 is 26.5 Å². The van der Waals surface area contributed by atoms with E-state index in [1.165, 1.54) is 24.5 Å². The summed E-state index contributed by atoms with van der Waals surface area (Å²) in [6.07, 6.45) is 3.83. The summed E-state index contributed by atoms with van der Waals surface area (Å²) in [5.74, 6) is 1.12. The van der Waals surface area contributed by atoms with Crippen molar-refractivity contribution in [2.45, 2.75) is 32.5 Å². The molecule has 2 aromatic carbocycles. The number of nitrogens with one attached hydrogen (secondary N) is 1. The van der Waals surface area contributed by atoms with Gasteiger partial charge in [-0.3, -0.25) is 0 Å². The van der Waals surface area contributed by atoms with Gasteiger partial charge < -0.3 is 14.8 Å². The first-order chi connectivity index (χ1) is 15.7. The molecule has 0 spiro atoms. The number of rotatable bonds is 10. The number of hydrogen-bond donors (Lipinski definition) is 1. The molecular weight excluding hydrogens is 473 g/mol. The molecule has 1 unspecified atom stereocenters. The molecule has 1 saturated carbocycles. The van der Waals surface area contributed by atoms with E-state index in [4.69, 9.17) is 25.3 Å². The van der Waals surface area contributed by atoms with Crippen molar-refractivity contribution >= 4 is 44.1 Å². The Balaban J connectivity index is 1.71. The molecule has 1 aliphatic carbocycles. The van der Waals surface area contributed by atoms with Crippen LogP contribution in [0.25, 0.3) is 10.9 Å². The molecule has 1 aliphatic rings. The van der Waals surface area contributed by atoms with Gasteiger partial charge in [0.2, 0.25) is 6.29 Å². The summed E-state index contributed by atoms with van der Waals surface area (Å²) in [7, 11) is -3.73. The number of nitrogens with zero attached hydrogens (tertiary/aromatic N) is 2. The third kappa shape index (κ3) is 6.21. The van der Waals surface area contributed by atoms with Crippen molar-refractivity contribution in [3.8, 4) is 11.5 Å². The molecule has 1 heterocycles. The minimum atomic E-state index is -3.73. The summed E-state index contributed by atoms with van der Waals surface area (Å²) < 4.78 is 53.7. The fourth-order valence-electron chi connectivity index (χ4n) is 3.08. The van der Waals surface area contributed by atoms with E-state index < -0.39 is 22.2 Å². The standard InChI is InChI=1S/C22H23ClFN3O5S/c1-3-21(32-33(2,28)29)31-20-9-15-18(10-19(20)30-11-13-4-5-13)25-12-26-22(15)27-14-6-7-17(24)16(23)8-14/h6-10,12-13,21H,3-5,11H2,1-2H3,(H,25,26,27). The van der Waals surface area contributed by atoms with Crippen molar-refractivity contribution in [3.05, 3.63) is 47.5 Å². The highest BCUT2D eigenvalue weighted by Crippen LogP contribution is 2.38. The van der Waals surface area contributed by atoms with Crippen molar-refractivity contribution in [1.29, 1.82) is 0 Å². The van der Waals surface area contributed by atoms with Crippen LogP contribution in [0, 0.1) is 11.7 Å². The number of anilines is 2. The Morgan fingerprint density at radius 2 is 2.00 bits per heavy atom. The zero-order valence-electron chi connectivity index (χ0n) is 18.0. The van der Waals surface area contributed by atoms with Crippen LogP contribution in [0.1, 0.15) is 26.2 Å². The molecule has 1 fully saturated rings. The highest BCUT2D eigenvalue weighted by atomic mass is 35.5. The summed E-state index contributed by atoms with van der Waals surface area (Å²) >= 11 is 5.89. The van der Waals surface area contributed by atoms with Crippen LogP contribution in [-0.4, -0.2) is 37.5 Å². The SMILES string of the molecule is CCC(Oc1cc2c(Nc3ccc(F)c(Cl)c3)ncnc2cc1OCC1CC1)OS(C)(=O)=O. The van der Waals surface area contributed by atoms with Gasteiger partial charge in [0.15, 0.2) is 11.5 Å². The number of aromatic nitrogens is 2. The number of fused-ring (bicyclic) bond motifs is 1. The van der Waals surface area contributed by atoms with Crippen LogP contribution in [0.3, 0.4) is 0 Å². The summed E-state index contributed by atoms with van der Waals surface area (Å²) in [6.45, 7) is 2.27. The lowest BCUT2D eigenvalue weighted by atomic mass is 10.2. The highest BCUT2D eigenvalue weighted by Gasteiger charge is 2.24. The molecule has 33 heavy (non-hydrogen) atoms. The molecule has 176 valence electrons. The van der Waals surface area contributed by atoms with E-state index >= 15 is 0 Å². The lowest BCUT2D eigenvalue weighted by molar-refractivity contribution is 0.00741. The second-order valence-electron chi connectivity index (χ2n) is 7.80. The number of ether oxygens (including phenoxy) is 2. The molecule has 11 heteroatoms. The first-order valence-corrected chi connectivity index (χ1v) is 12.6. The van der Waals surface area contributed by atoms with Crippen LogP contribution >= 0.6 is 11.6 Å². The summed E-state index contributed by atoms with van der Waals surface area (Å²) in [5.41, 5.74) is 1.11. The zero-order valence-corrected chi connectivity index (χ0v) is 19.6. The summed E-state index contributed by atoms with van der Waals surface area (Å²) in [4.78, 5) is 8.60. The Bertz CT molecular complexity index is 1270. The first-order valence-electron chi connectivity index (χ1n) is 10.4. The van der Waals surface area contributed by atoms with Crippen LogP contribution in [0.4, 0.5) is 15.9 Å². The summed E-state index contributed by atoms with van der Waals surface area (Å²) in [6, 6.07) is 7.61. The smallest absolute Gasteiger partial charge is 0.267 e. The third-order valence-electron chi connectivity index (χ3n) is 4.93. The Hall–Kier alpha value is -2.69. The second kappa shape index (κ2) is 9.66. The van der Waals surface area contributed by atoms with Crippen molar-refractivity contribution in [3.63, 3.8) is 0 Å². The average Bonchev–Trinajstić information content (AvgIpc) is 3.58. The molecular formula is C22H23ClFN3O5S. The molecule has 0 amide bonds. The van der Waals surface area contributed by atoms with Gasteiger partial charge in [-0.15, -0.1) is 0 Å². The lowest BCUT2D eigenvalue weighted by Gasteiger charge is -2.20. The van der Waals surface area contributed by atoms with Crippen molar-refractivity contribution in [2.24, 2.45) is 5.92 Å². The van der Waals surface area contributed by atoms with Crippen LogP contribution in [-0.2, 0) is 14.3 Å². The van der Waals surface area contributed by atoms with E-state index in [-0.39, 0.29) is 11.4 Å². The van der Waals surface area contributed by atoms with Gasteiger partial charge in [0.05, 0.1) is 23.4 Å². The fourth-order valence-corrected chi connectivity index (χ4v) is 3.82. The quantitative estimate of drug-likeness (QED) is 0.308. The molecule has 3 aromatic rings. The predicted molar refractivity (Wildman–Crippen MR) is 123 cm³/mol. The Labute approximate surface area is 196 Å². The number of halogens is 2. The van der Waals surface area contributed by atoms with E-state index in [0.29, 0.717) is 46.4 Å². The predicted octanol–water partition coefficient (Wildman–Crippen LogP) is 5.05. The normalized spacial score (nSPS) is 14.8. The van der Waals surface area contributed by atoms with E-state index in [1.54, 1.807) is 19.1 Å². The molecule has 4 rings (SSSR count). The zero-order chi connectivity index (χ0) is 23.6. The van der Waals surface area contributed by atoms with Crippen LogP contribution in [0.5, 0.6) is 11.5 Å². The Morgan fingerprint density at radius 3 is 2.67 bits per heavy atom. The van der Waals surface area contributed by atoms with Crippen molar-refractivity contribution in [1.82, 2.24) is 9.97 Å². The van der Waals surface area contributed by atoms with E-state index in [9.17, 15) is 12.8 Å². The Kier molecular flexibility index (Phi) is 6.87. The maximum Gasteiger partial charge on any atom is 0.267 e. The molecule has 1 atom stereocenters. The maximum atomic E-state index is 13.5. The van der Waals surface area contributed by atoms with Gasteiger partial charge in [-0.05, 0) is 43.0 Å². The van der Waals surface area contributed by atoms with Gasteiger partial charge in [0, 0.05) is 23.6 Å².